The highest BCUT2D eigenvalue weighted by Gasteiger charge is 2.42. The van der Waals surface area contributed by atoms with E-state index in [0.29, 0.717) is 0 Å². The van der Waals surface area contributed by atoms with Crippen LogP contribution in [0.3, 0.4) is 0 Å². The number of rotatable bonds is 1. The number of Topliss-reactive ketones (excluding diaryl/α,β-unsaturated/α-hetero) is 1. The number of ketones is 1. The molecule has 0 aromatic rings. The van der Waals surface area contributed by atoms with E-state index < -0.39 is 37.0 Å². The monoisotopic (exact) mass is 178 g/mol. The molecular formula is C6H10O6. The molecule has 1 saturated heterocycles. The second kappa shape index (κ2) is 3.46. The molecule has 4 atom stereocenters. The topological polar surface area (TPSA) is 107 Å². The molecule has 0 bridgehead atoms. The second-order valence-electron chi connectivity index (χ2n) is 2.54. The molecule has 0 spiro atoms. The van der Waals surface area contributed by atoms with E-state index in [1.165, 1.54) is 0 Å². The van der Waals surface area contributed by atoms with Gasteiger partial charge in [-0.15, -0.1) is 0 Å². The number of aliphatic hydroxyl groups excluding tert-OH is 4. The van der Waals surface area contributed by atoms with E-state index in [1.807, 2.05) is 0 Å². The molecule has 0 aromatic carbocycles. The third-order valence-corrected chi connectivity index (χ3v) is 1.70. The lowest BCUT2D eigenvalue weighted by atomic mass is 10.0. The Morgan fingerprint density at radius 1 is 1.25 bits per heavy atom. The van der Waals surface area contributed by atoms with Crippen molar-refractivity contribution in [2.45, 2.75) is 24.6 Å². The van der Waals surface area contributed by atoms with Gasteiger partial charge in [-0.25, -0.2) is 0 Å². The van der Waals surface area contributed by atoms with E-state index >= 15 is 0 Å². The van der Waals surface area contributed by atoms with Crippen LogP contribution in [-0.2, 0) is 9.53 Å². The number of hydrogen-bond acceptors (Lipinski definition) is 6. The van der Waals surface area contributed by atoms with E-state index in [-0.39, 0.29) is 0 Å². The molecule has 12 heavy (non-hydrogen) atoms. The standard InChI is InChI=1S/C6H10O6/c7-1-2-3(8)4(9)5(10)6(11)12-2/h2-3,5-8,10-11H,1H2/t2?,3-,5-,6+/m0/s1. The fourth-order valence-corrected chi connectivity index (χ4v) is 0.969. The maximum Gasteiger partial charge on any atom is 0.197 e. The molecule has 0 radical (unpaired) electrons. The van der Waals surface area contributed by atoms with E-state index in [0.717, 1.165) is 0 Å². The number of carbonyl (C=O) groups excluding carboxylic acids is 1. The number of aliphatic hydroxyl groups is 4. The minimum atomic E-state index is -1.73. The van der Waals surface area contributed by atoms with Crippen LogP contribution in [0.1, 0.15) is 0 Å². The van der Waals surface area contributed by atoms with Crippen molar-refractivity contribution in [3.8, 4) is 0 Å². The Kier molecular flexibility index (Phi) is 2.76. The summed E-state index contributed by atoms with van der Waals surface area (Å²) >= 11 is 0. The van der Waals surface area contributed by atoms with Gasteiger partial charge in [0.25, 0.3) is 0 Å². The smallest absolute Gasteiger partial charge is 0.197 e. The average Bonchev–Trinajstić information content (AvgIpc) is 2.08. The molecule has 70 valence electrons. The molecule has 1 heterocycles. The molecule has 0 saturated carbocycles. The number of carbonyl (C=O) groups is 1. The van der Waals surface area contributed by atoms with E-state index in [9.17, 15) is 4.79 Å². The van der Waals surface area contributed by atoms with Crippen LogP contribution in [0.25, 0.3) is 0 Å². The van der Waals surface area contributed by atoms with Gasteiger partial charge in [0.05, 0.1) is 6.61 Å². The molecule has 1 rings (SSSR count). The first-order chi connectivity index (χ1) is 5.57. The van der Waals surface area contributed by atoms with Crippen molar-refractivity contribution in [3.05, 3.63) is 0 Å². The summed E-state index contributed by atoms with van der Waals surface area (Å²) in [6.07, 6.45) is -6.13. The van der Waals surface area contributed by atoms with Crippen LogP contribution >= 0.6 is 0 Å². The van der Waals surface area contributed by atoms with E-state index in [1.54, 1.807) is 0 Å². The molecular weight excluding hydrogens is 168 g/mol. The lowest BCUT2D eigenvalue weighted by molar-refractivity contribution is -0.238. The number of ether oxygens (including phenoxy) is 1. The highest BCUT2D eigenvalue weighted by atomic mass is 16.6. The molecule has 1 aliphatic rings. The molecule has 1 aliphatic heterocycles. The van der Waals surface area contributed by atoms with Gasteiger partial charge in [0.1, 0.15) is 12.2 Å². The van der Waals surface area contributed by atoms with Gasteiger partial charge in [-0.3, -0.25) is 4.79 Å². The SMILES string of the molecule is O=C1[C@@H](O)C(CO)O[C@@H](O)[C@H]1O. The van der Waals surface area contributed by atoms with Crippen molar-refractivity contribution in [1.82, 2.24) is 0 Å². The Balaban J connectivity index is 2.70. The van der Waals surface area contributed by atoms with Crippen LogP contribution in [0.5, 0.6) is 0 Å². The minimum absolute atomic E-state index is 0.587. The van der Waals surface area contributed by atoms with Gasteiger partial charge in [0.2, 0.25) is 0 Å². The van der Waals surface area contributed by atoms with Gasteiger partial charge in [-0.1, -0.05) is 0 Å². The molecule has 1 unspecified atom stereocenters. The van der Waals surface area contributed by atoms with Gasteiger partial charge in [0, 0.05) is 0 Å². The Hall–Kier alpha value is -0.530. The summed E-state index contributed by atoms with van der Waals surface area (Å²) in [5.41, 5.74) is 0. The van der Waals surface area contributed by atoms with Crippen LogP contribution in [-0.4, -0.2) is 57.4 Å². The summed E-state index contributed by atoms with van der Waals surface area (Å²) in [6, 6.07) is 0. The second-order valence-corrected chi connectivity index (χ2v) is 2.54. The maximum absolute atomic E-state index is 10.9. The average molecular weight is 178 g/mol. The van der Waals surface area contributed by atoms with Crippen LogP contribution in [0, 0.1) is 0 Å². The predicted octanol–water partition coefficient (Wildman–Crippen LogP) is -3.01. The van der Waals surface area contributed by atoms with Gasteiger partial charge < -0.3 is 25.2 Å². The molecule has 0 aromatic heterocycles. The lowest BCUT2D eigenvalue weighted by Crippen LogP contribution is -2.55. The van der Waals surface area contributed by atoms with E-state index in [4.69, 9.17) is 20.4 Å². The summed E-state index contributed by atoms with van der Waals surface area (Å²) in [5, 5.41) is 35.3. The van der Waals surface area contributed by atoms with E-state index in [2.05, 4.69) is 4.74 Å². The Morgan fingerprint density at radius 2 is 1.83 bits per heavy atom. The van der Waals surface area contributed by atoms with Crippen molar-refractivity contribution in [3.63, 3.8) is 0 Å². The summed E-state index contributed by atoms with van der Waals surface area (Å²) in [4.78, 5) is 10.9. The van der Waals surface area contributed by atoms with Crippen molar-refractivity contribution < 1.29 is 30.0 Å². The Morgan fingerprint density at radius 3 is 2.33 bits per heavy atom. The molecule has 0 amide bonds. The van der Waals surface area contributed by atoms with Crippen LogP contribution in [0.15, 0.2) is 0 Å². The lowest BCUT2D eigenvalue weighted by Gasteiger charge is -2.32. The fraction of sp³-hybridized carbons (Fsp3) is 0.833. The van der Waals surface area contributed by atoms with Crippen molar-refractivity contribution in [1.29, 1.82) is 0 Å². The normalized spacial score (nSPS) is 43.2. The summed E-state index contributed by atoms with van der Waals surface area (Å²) < 4.78 is 4.52. The summed E-state index contributed by atoms with van der Waals surface area (Å²) in [5.74, 6) is -0.937. The van der Waals surface area contributed by atoms with Crippen molar-refractivity contribution >= 4 is 5.78 Å². The Bertz CT molecular complexity index is 181. The van der Waals surface area contributed by atoms with Crippen molar-refractivity contribution in [2.75, 3.05) is 6.61 Å². The quantitative estimate of drug-likeness (QED) is 0.340. The van der Waals surface area contributed by atoms with Crippen LogP contribution in [0.2, 0.25) is 0 Å². The molecule has 1 fully saturated rings. The Labute approximate surface area is 68.0 Å². The zero-order chi connectivity index (χ0) is 9.30. The summed E-state index contributed by atoms with van der Waals surface area (Å²) in [7, 11) is 0. The number of hydrogen-bond donors (Lipinski definition) is 4. The van der Waals surface area contributed by atoms with Crippen LogP contribution < -0.4 is 0 Å². The zero-order valence-corrected chi connectivity index (χ0v) is 6.12. The third kappa shape index (κ3) is 1.47. The first-order valence-electron chi connectivity index (χ1n) is 3.42. The highest BCUT2D eigenvalue weighted by Crippen LogP contribution is 2.15. The van der Waals surface area contributed by atoms with Gasteiger partial charge in [0.15, 0.2) is 18.2 Å². The van der Waals surface area contributed by atoms with Gasteiger partial charge in [-0.2, -0.15) is 0 Å². The van der Waals surface area contributed by atoms with Crippen molar-refractivity contribution in [2.24, 2.45) is 0 Å². The zero-order valence-electron chi connectivity index (χ0n) is 6.12. The highest BCUT2D eigenvalue weighted by molar-refractivity contribution is 5.88. The summed E-state index contributed by atoms with van der Waals surface area (Å²) in [6.45, 7) is -0.587. The first-order valence-corrected chi connectivity index (χ1v) is 3.42. The molecule has 6 nitrogen and oxygen atoms in total. The molecule has 0 aliphatic carbocycles. The fourth-order valence-electron chi connectivity index (χ4n) is 0.969. The maximum atomic E-state index is 10.9. The van der Waals surface area contributed by atoms with Gasteiger partial charge in [-0.05, 0) is 0 Å². The van der Waals surface area contributed by atoms with Gasteiger partial charge >= 0.3 is 0 Å². The predicted molar refractivity (Wildman–Crippen MR) is 35.0 cm³/mol. The first kappa shape index (κ1) is 9.56. The minimum Gasteiger partial charge on any atom is -0.394 e. The van der Waals surface area contributed by atoms with Crippen LogP contribution in [0.4, 0.5) is 0 Å². The third-order valence-electron chi connectivity index (χ3n) is 1.70. The molecule has 4 N–H and O–H groups in total. The largest absolute Gasteiger partial charge is 0.394 e. The molecule has 6 heteroatoms.